The first-order valence-electron chi connectivity index (χ1n) is 9.85. The molecule has 1 heterocycles. The number of nitrogens with one attached hydrogen (secondary N) is 1. The second-order valence-electron chi connectivity index (χ2n) is 6.60. The van der Waals surface area contributed by atoms with Crippen LogP contribution in [-0.4, -0.2) is 22.7 Å². The van der Waals surface area contributed by atoms with Gasteiger partial charge < -0.3 is 19.2 Å². The number of ether oxygens (including phenoxy) is 2. The molecule has 0 aliphatic carbocycles. The summed E-state index contributed by atoms with van der Waals surface area (Å²) in [5.41, 5.74) is 2.08. The second-order valence-corrected chi connectivity index (χ2v) is 6.60. The van der Waals surface area contributed by atoms with Gasteiger partial charge >= 0.3 is 0 Å². The van der Waals surface area contributed by atoms with E-state index in [1.54, 1.807) is 30.3 Å². The lowest BCUT2D eigenvalue weighted by molar-refractivity contribution is -0.123. The van der Waals surface area contributed by atoms with Gasteiger partial charge in [-0.15, -0.1) is 10.2 Å². The first kappa shape index (κ1) is 20.2. The van der Waals surface area contributed by atoms with Crippen molar-refractivity contribution in [3.8, 4) is 23.0 Å². The molecule has 0 aliphatic rings. The minimum absolute atomic E-state index is 0.306. The van der Waals surface area contributed by atoms with Gasteiger partial charge in [0.1, 0.15) is 11.5 Å². The highest BCUT2D eigenvalue weighted by Crippen LogP contribution is 2.29. The predicted octanol–water partition coefficient (Wildman–Crippen LogP) is 4.89. The number of rotatable bonds is 8. The monoisotopic (exact) mass is 415 g/mol. The van der Waals surface area contributed by atoms with Crippen LogP contribution in [0.25, 0.3) is 11.5 Å². The Balaban J connectivity index is 1.57. The van der Waals surface area contributed by atoms with Gasteiger partial charge in [-0.2, -0.15) is 0 Å². The standard InChI is InChI=1S/C24H21N3O4/c1-2-29-21-11-7-6-10-20(21)26-23(28)22(17-8-4-3-5-9-17)31-19-14-12-18(13-15-19)24-27-25-16-30-24/h3-16,22H,2H2,1H3,(H,26,28)/t22-/m1/s1. The number of nitrogens with zero attached hydrogens (tertiary/aromatic N) is 2. The van der Waals surface area contributed by atoms with Crippen LogP contribution in [0.15, 0.2) is 89.7 Å². The van der Waals surface area contributed by atoms with Crippen LogP contribution in [0.2, 0.25) is 0 Å². The fraction of sp³-hybridized carbons (Fsp3) is 0.125. The second kappa shape index (κ2) is 9.58. The zero-order valence-electron chi connectivity index (χ0n) is 16.9. The largest absolute Gasteiger partial charge is 0.492 e. The Morgan fingerprint density at radius 3 is 2.45 bits per heavy atom. The van der Waals surface area contributed by atoms with E-state index in [-0.39, 0.29) is 5.91 Å². The van der Waals surface area contributed by atoms with Crippen LogP contribution >= 0.6 is 0 Å². The van der Waals surface area contributed by atoms with Crippen LogP contribution in [0.3, 0.4) is 0 Å². The number of amides is 1. The Kier molecular flexibility index (Phi) is 6.23. The Bertz CT molecular complexity index is 1110. The van der Waals surface area contributed by atoms with Crippen molar-refractivity contribution in [3.63, 3.8) is 0 Å². The van der Waals surface area contributed by atoms with E-state index in [1.165, 1.54) is 6.39 Å². The highest BCUT2D eigenvalue weighted by molar-refractivity contribution is 5.96. The third-order valence-electron chi connectivity index (χ3n) is 4.50. The van der Waals surface area contributed by atoms with Gasteiger partial charge in [-0.05, 0) is 43.3 Å². The third-order valence-corrected chi connectivity index (χ3v) is 4.50. The van der Waals surface area contributed by atoms with Crippen molar-refractivity contribution < 1.29 is 18.7 Å². The van der Waals surface area contributed by atoms with Crippen molar-refractivity contribution in [1.29, 1.82) is 0 Å². The van der Waals surface area contributed by atoms with Gasteiger partial charge in [0, 0.05) is 11.1 Å². The summed E-state index contributed by atoms with van der Waals surface area (Å²) < 4.78 is 16.9. The summed E-state index contributed by atoms with van der Waals surface area (Å²) in [6.45, 7) is 2.39. The molecular formula is C24H21N3O4. The van der Waals surface area contributed by atoms with Gasteiger partial charge in [-0.3, -0.25) is 4.79 Å². The van der Waals surface area contributed by atoms with E-state index in [4.69, 9.17) is 13.9 Å². The van der Waals surface area contributed by atoms with E-state index in [1.807, 2.05) is 55.5 Å². The Labute approximate surface area is 179 Å². The minimum atomic E-state index is -0.856. The summed E-state index contributed by atoms with van der Waals surface area (Å²) in [4.78, 5) is 13.2. The van der Waals surface area contributed by atoms with Gasteiger partial charge in [0.25, 0.3) is 5.91 Å². The molecule has 31 heavy (non-hydrogen) atoms. The molecule has 1 aromatic heterocycles. The fourth-order valence-electron chi connectivity index (χ4n) is 3.06. The molecule has 0 bridgehead atoms. The minimum Gasteiger partial charge on any atom is -0.492 e. The Morgan fingerprint density at radius 1 is 1.00 bits per heavy atom. The molecule has 0 spiro atoms. The number of aromatic nitrogens is 2. The first-order valence-corrected chi connectivity index (χ1v) is 9.85. The number of hydrogen-bond acceptors (Lipinski definition) is 6. The van der Waals surface area contributed by atoms with E-state index in [2.05, 4.69) is 15.5 Å². The summed E-state index contributed by atoms with van der Waals surface area (Å²) in [7, 11) is 0. The number of hydrogen-bond donors (Lipinski definition) is 1. The van der Waals surface area contributed by atoms with Crippen molar-refractivity contribution in [1.82, 2.24) is 10.2 Å². The van der Waals surface area contributed by atoms with Crippen LogP contribution in [-0.2, 0) is 4.79 Å². The number of anilines is 1. The molecule has 1 atom stereocenters. The van der Waals surface area contributed by atoms with Crippen molar-refractivity contribution in [2.45, 2.75) is 13.0 Å². The van der Waals surface area contributed by atoms with E-state index in [0.717, 1.165) is 11.1 Å². The Hall–Kier alpha value is -4.13. The van der Waals surface area contributed by atoms with Crippen LogP contribution < -0.4 is 14.8 Å². The number of benzene rings is 3. The quantitative estimate of drug-likeness (QED) is 0.441. The topological polar surface area (TPSA) is 86.5 Å². The van der Waals surface area contributed by atoms with Crippen LogP contribution in [0.5, 0.6) is 11.5 Å². The molecule has 0 aliphatic heterocycles. The highest BCUT2D eigenvalue weighted by Gasteiger charge is 2.24. The SMILES string of the molecule is CCOc1ccccc1NC(=O)[C@H](Oc1ccc(-c2nnco2)cc1)c1ccccc1. The van der Waals surface area contributed by atoms with Gasteiger partial charge in [0.15, 0.2) is 0 Å². The molecule has 0 fully saturated rings. The average molecular weight is 415 g/mol. The molecule has 4 aromatic rings. The van der Waals surface area contributed by atoms with Gasteiger partial charge in [-0.1, -0.05) is 42.5 Å². The van der Waals surface area contributed by atoms with Crippen molar-refractivity contribution in [3.05, 3.63) is 90.8 Å². The molecule has 7 heteroatoms. The summed E-state index contributed by atoms with van der Waals surface area (Å²) in [6, 6.07) is 23.8. The molecule has 1 N–H and O–H groups in total. The van der Waals surface area contributed by atoms with Crippen molar-refractivity contribution >= 4 is 11.6 Å². The van der Waals surface area contributed by atoms with Gasteiger partial charge in [-0.25, -0.2) is 0 Å². The zero-order valence-corrected chi connectivity index (χ0v) is 16.9. The number of carbonyl (C=O) groups is 1. The summed E-state index contributed by atoms with van der Waals surface area (Å²) >= 11 is 0. The maximum absolute atomic E-state index is 13.2. The zero-order chi connectivity index (χ0) is 21.5. The molecular weight excluding hydrogens is 394 g/mol. The summed E-state index contributed by atoms with van der Waals surface area (Å²) in [6.07, 6.45) is 0.417. The van der Waals surface area contributed by atoms with E-state index in [0.29, 0.717) is 29.7 Å². The highest BCUT2D eigenvalue weighted by atomic mass is 16.5. The smallest absolute Gasteiger partial charge is 0.270 e. The molecule has 0 saturated heterocycles. The molecule has 4 rings (SSSR count). The molecule has 7 nitrogen and oxygen atoms in total. The lowest BCUT2D eigenvalue weighted by Gasteiger charge is -2.20. The molecule has 1 amide bonds. The maximum Gasteiger partial charge on any atom is 0.270 e. The van der Waals surface area contributed by atoms with Gasteiger partial charge in [0.2, 0.25) is 18.4 Å². The fourth-order valence-corrected chi connectivity index (χ4v) is 3.06. The van der Waals surface area contributed by atoms with Crippen molar-refractivity contribution in [2.75, 3.05) is 11.9 Å². The molecule has 0 saturated carbocycles. The first-order chi connectivity index (χ1) is 15.2. The third kappa shape index (κ3) is 4.90. The molecule has 156 valence electrons. The Morgan fingerprint density at radius 2 is 1.74 bits per heavy atom. The van der Waals surface area contributed by atoms with Crippen molar-refractivity contribution in [2.24, 2.45) is 0 Å². The maximum atomic E-state index is 13.2. The lowest BCUT2D eigenvalue weighted by Crippen LogP contribution is -2.26. The molecule has 0 unspecified atom stereocenters. The summed E-state index contributed by atoms with van der Waals surface area (Å²) in [5, 5.41) is 10.5. The summed E-state index contributed by atoms with van der Waals surface area (Å²) in [5.74, 6) is 1.25. The van der Waals surface area contributed by atoms with E-state index < -0.39 is 6.10 Å². The van der Waals surface area contributed by atoms with Crippen LogP contribution in [0, 0.1) is 0 Å². The number of carbonyl (C=O) groups excluding carboxylic acids is 1. The average Bonchev–Trinajstić information content (AvgIpc) is 3.35. The molecule has 3 aromatic carbocycles. The normalized spacial score (nSPS) is 11.5. The number of para-hydroxylation sites is 2. The molecule has 0 radical (unpaired) electrons. The van der Waals surface area contributed by atoms with E-state index in [9.17, 15) is 4.79 Å². The lowest BCUT2D eigenvalue weighted by atomic mass is 10.1. The van der Waals surface area contributed by atoms with E-state index >= 15 is 0 Å². The van der Waals surface area contributed by atoms with Crippen LogP contribution in [0.1, 0.15) is 18.6 Å². The van der Waals surface area contributed by atoms with Crippen LogP contribution in [0.4, 0.5) is 5.69 Å². The predicted molar refractivity (Wildman–Crippen MR) is 116 cm³/mol. The van der Waals surface area contributed by atoms with Gasteiger partial charge in [0.05, 0.1) is 12.3 Å².